The van der Waals surface area contributed by atoms with Gasteiger partial charge in [0.25, 0.3) is 0 Å². The third-order valence-electron chi connectivity index (χ3n) is 5.24. The number of aryl methyl sites for hydroxylation is 1. The molecule has 1 aromatic heterocycles. The summed E-state index contributed by atoms with van der Waals surface area (Å²) in [5, 5.41) is 6.48. The molecule has 1 unspecified atom stereocenters. The van der Waals surface area contributed by atoms with E-state index in [2.05, 4.69) is 58.4 Å². The fraction of sp³-hybridized carbons (Fsp3) is 0.261. The zero-order valence-corrected chi connectivity index (χ0v) is 16.0. The minimum atomic E-state index is 0.126. The molecule has 1 fully saturated rings. The third kappa shape index (κ3) is 3.88. The highest BCUT2D eigenvalue weighted by atomic mass is 16.1. The van der Waals surface area contributed by atoms with Crippen LogP contribution < -0.4 is 10.6 Å². The highest BCUT2D eigenvalue weighted by Crippen LogP contribution is 2.25. The van der Waals surface area contributed by atoms with E-state index in [1.165, 1.54) is 11.1 Å². The number of carbonyl (C=O) groups is 1. The Bertz CT molecular complexity index is 1030. The van der Waals surface area contributed by atoms with Crippen LogP contribution in [0.2, 0.25) is 0 Å². The molecule has 5 heteroatoms. The van der Waals surface area contributed by atoms with E-state index in [1.807, 2.05) is 12.1 Å². The highest BCUT2D eigenvalue weighted by Gasteiger charge is 2.18. The standard InChI is InChI=1S/C23H24N4O/c1-3-17-5-4-16(10-15(17)2)11-18-12-20(13-21-23(18)25-9-8-24-21)27-19-6-7-22(28)26-14-19/h3-5,8-10,12-13,19,27H,1,6-7,11,14H2,2H3,(H,26,28). The van der Waals surface area contributed by atoms with E-state index in [1.54, 1.807) is 12.4 Å². The van der Waals surface area contributed by atoms with Crippen LogP contribution in [-0.4, -0.2) is 28.5 Å². The number of amides is 1. The second-order valence-electron chi connectivity index (χ2n) is 7.32. The Morgan fingerprint density at radius 3 is 2.86 bits per heavy atom. The SMILES string of the molecule is C=Cc1ccc(Cc2cc(NC3CCC(=O)NC3)cc3nccnc23)cc1C. The van der Waals surface area contributed by atoms with Crippen LogP contribution in [0.3, 0.4) is 0 Å². The second kappa shape index (κ2) is 7.80. The average Bonchev–Trinajstić information content (AvgIpc) is 2.70. The molecule has 1 saturated heterocycles. The van der Waals surface area contributed by atoms with Gasteiger partial charge in [-0.05, 0) is 54.2 Å². The third-order valence-corrected chi connectivity index (χ3v) is 5.24. The summed E-state index contributed by atoms with van der Waals surface area (Å²) in [6, 6.07) is 10.9. The van der Waals surface area contributed by atoms with Gasteiger partial charge in [-0.3, -0.25) is 14.8 Å². The number of hydrogen-bond acceptors (Lipinski definition) is 4. The molecule has 1 atom stereocenters. The van der Waals surface area contributed by atoms with Gasteiger partial charge in [0.1, 0.15) is 0 Å². The fourth-order valence-electron chi connectivity index (χ4n) is 3.75. The Morgan fingerprint density at radius 1 is 1.25 bits per heavy atom. The lowest BCUT2D eigenvalue weighted by molar-refractivity contribution is -0.122. The van der Waals surface area contributed by atoms with Crippen LogP contribution in [-0.2, 0) is 11.2 Å². The normalized spacial score (nSPS) is 16.6. The maximum atomic E-state index is 11.4. The van der Waals surface area contributed by atoms with E-state index in [-0.39, 0.29) is 11.9 Å². The van der Waals surface area contributed by atoms with Gasteiger partial charge in [-0.15, -0.1) is 0 Å². The molecule has 3 aromatic rings. The molecule has 2 N–H and O–H groups in total. The molecule has 2 aromatic carbocycles. The number of rotatable bonds is 5. The summed E-state index contributed by atoms with van der Waals surface area (Å²) in [7, 11) is 0. The van der Waals surface area contributed by atoms with Crippen LogP contribution in [0, 0.1) is 6.92 Å². The Balaban J connectivity index is 1.65. The van der Waals surface area contributed by atoms with Crippen molar-refractivity contribution in [1.29, 1.82) is 0 Å². The van der Waals surface area contributed by atoms with E-state index in [0.717, 1.165) is 40.7 Å². The first-order chi connectivity index (χ1) is 13.6. The summed E-state index contributed by atoms with van der Waals surface area (Å²) in [6.07, 6.45) is 7.52. The van der Waals surface area contributed by atoms with Crippen LogP contribution >= 0.6 is 0 Å². The van der Waals surface area contributed by atoms with Crippen LogP contribution in [0.15, 0.2) is 49.3 Å². The van der Waals surface area contributed by atoms with Gasteiger partial charge in [0.05, 0.1) is 11.0 Å². The van der Waals surface area contributed by atoms with Gasteiger partial charge >= 0.3 is 0 Å². The average molecular weight is 372 g/mol. The number of anilines is 1. The van der Waals surface area contributed by atoms with Gasteiger partial charge in [-0.1, -0.05) is 30.9 Å². The van der Waals surface area contributed by atoms with Crippen LogP contribution in [0.1, 0.15) is 35.1 Å². The molecule has 5 nitrogen and oxygen atoms in total. The van der Waals surface area contributed by atoms with Gasteiger partial charge in [-0.25, -0.2) is 0 Å². The van der Waals surface area contributed by atoms with Crippen molar-refractivity contribution in [1.82, 2.24) is 15.3 Å². The van der Waals surface area contributed by atoms with Crippen molar-refractivity contribution >= 4 is 28.7 Å². The zero-order chi connectivity index (χ0) is 19.5. The number of piperidine rings is 1. The van der Waals surface area contributed by atoms with Gasteiger partial charge in [0.2, 0.25) is 5.91 Å². The summed E-state index contributed by atoms with van der Waals surface area (Å²) < 4.78 is 0. The van der Waals surface area contributed by atoms with Crippen molar-refractivity contribution in [3.8, 4) is 0 Å². The summed E-state index contributed by atoms with van der Waals surface area (Å²) in [4.78, 5) is 20.5. The first kappa shape index (κ1) is 18.2. The van der Waals surface area contributed by atoms with Gasteiger partial charge < -0.3 is 10.6 Å². The van der Waals surface area contributed by atoms with Crippen LogP contribution in [0.4, 0.5) is 5.69 Å². The molecule has 0 bridgehead atoms. The number of nitrogens with zero attached hydrogens (tertiary/aromatic N) is 2. The van der Waals surface area contributed by atoms with Crippen LogP contribution in [0.25, 0.3) is 17.1 Å². The van der Waals surface area contributed by atoms with Crippen molar-refractivity contribution in [2.45, 2.75) is 32.2 Å². The molecule has 142 valence electrons. The zero-order valence-electron chi connectivity index (χ0n) is 16.0. The molecule has 1 amide bonds. The Hall–Kier alpha value is -3.21. The molecule has 0 spiro atoms. The van der Waals surface area contributed by atoms with Crippen molar-refractivity contribution in [3.63, 3.8) is 0 Å². The first-order valence-corrected chi connectivity index (χ1v) is 9.61. The predicted molar refractivity (Wildman–Crippen MR) is 113 cm³/mol. The van der Waals surface area contributed by atoms with Crippen molar-refractivity contribution in [3.05, 3.63) is 71.6 Å². The molecular formula is C23H24N4O. The minimum Gasteiger partial charge on any atom is -0.380 e. The van der Waals surface area contributed by atoms with E-state index < -0.39 is 0 Å². The maximum absolute atomic E-state index is 11.4. The van der Waals surface area contributed by atoms with Gasteiger partial charge in [0, 0.05) is 37.1 Å². The predicted octanol–water partition coefficient (Wildman–Crippen LogP) is 3.86. The summed E-state index contributed by atoms with van der Waals surface area (Å²) in [5.41, 5.74) is 7.56. The maximum Gasteiger partial charge on any atom is 0.220 e. The number of hydrogen-bond donors (Lipinski definition) is 2. The quantitative estimate of drug-likeness (QED) is 0.714. The Labute approximate surface area is 164 Å². The molecule has 2 heterocycles. The molecular weight excluding hydrogens is 348 g/mol. The van der Waals surface area contributed by atoms with Gasteiger partial charge in [-0.2, -0.15) is 0 Å². The molecule has 0 aliphatic carbocycles. The summed E-state index contributed by atoms with van der Waals surface area (Å²) in [6.45, 7) is 6.62. The van der Waals surface area contributed by atoms with E-state index in [0.29, 0.717) is 13.0 Å². The molecule has 4 rings (SSSR count). The number of aromatic nitrogens is 2. The Kier molecular flexibility index (Phi) is 5.06. The molecule has 1 aliphatic heterocycles. The topological polar surface area (TPSA) is 66.9 Å². The number of fused-ring (bicyclic) bond motifs is 1. The van der Waals surface area contributed by atoms with Crippen LogP contribution in [0.5, 0.6) is 0 Å². The lowest BCUT2D eigenvalue weighted by Crippen LogP contribution is -2.41. The summed E-state index contributed by atoms with van der Waals surface area (Å²) >= 11 is 0. The van der Waals surface area contributed by atoms with E-state index in [4.69, 9.17) is 0 Å². The van der Waals surface area contributed by atoms with E-state index >= 15 is 0 Å². The second-order valence-corrected chi connectivity index (χ2v) is 7.32. The first-order valence-electron chi connectivity index (χ1n) is 9.61. The van der Waals surface area contributed by atoms with Gasteiger partial charge in [0.15, 0.2) is 0 Å². The Morgan fingerprint density at radius 2 is 2.11 bits per heavy atom. The van der Waals surface area contributed by atoms with Crippen molar-refractivity contribution in [2.24, 2.45) is 0 Å². The van der Waals surface area contributed by atoms with Crippen molar-refractivity contribution < 1.29 is 4.79 Å². The molecule has 28 heavy (non-hydrogen) atoms. The monoisotopic (exact) mass is 372 g/mol. The fourth-order valence-corrected chi connectivity index (χ4v) is 3.75. The molecule has 1 aliphatic rings. The minimum absolute atomic E-state index is 0.126. The highest BCUT2D eigenvalue weighted by molar-refractivity contribution is 5.83. The molecule has 0 saturated carbocycles. The number of nitrogens with one attached hydrogen (secondary N) is 2. The number of carbonyl (C=O) groups excluding carboxylic acids is 1. The lowest BCUT2D eigenvalue weighted by Gasteiger charge is -2.25. The molecule has 0 radical (unpaired) electrons. The van der Waals surface area contributed by atoms with Crippen molar-refractivity contribution in [2.75, 3.05) is 11.9 Å². The summed E-state index contributed by atoms with van der Waals surface area (Å²) in [5.74, 6) is 0.126. The van der Waals surface area contributed by atoms with E-state index in [9.17, 15) is 4.79 Å². The number of benzene rings is 2. The lowest BCUT2D eigenvalue weighted by atomic mass is 9.98. The largest absolute Gasteiger partial charge is 0.380 e. The smallest absolute Gasteiger partial charge is 0.220 e.